The van der Waals surface area contributed by atoms with Crippen molar-refractivity contribution in [2.45, 2.75) is 11.8 Å². The molecule has 0 aliphatic rings. The van der Waals surface area contributed by atoms with E-state index in [0.717, 1.165) is 5.69 Å². The molecule has 0 heterocycles. The van der Waals surface area contributed by atoms with Crippen LogP contribution in [0.5, 0.6) is 0 Å². The molecule has 0 aliphatic heterocycles. The molecule has 22 heavy (non-hydrogen) atoms. The summed E-state index contributed by atoms with van der Waals surface area (Å²) in [5.41, 5.74) is 2.14. The van der Waals surface area contributed by atoms with Gasteiger partial charge in [0.2, 0.25) is 9.84 Å². The number of nitrogens with zero attached hydrogens (tertiary/aromatic N) is 1. The van der Waals surface area contributed by atoms with Crippen molar-refractivity contribution in [2.75, 3.05) is 12.4 Å². The fourth-order valence-electron chi connectivity index (χ4n) is 2.14. The second-order valence-corrected chi connectivity index (χ2v) is 6.85. The SMILES string of the molecule is C=Nc1c(/C=C(\C)S(=O)(=O)c2ccccc2)cccc1NC. The van der Waals surface area contributed by atoms with E-state index in [1.807, 2.05) is 18.2 Å². The van der Waals surface area contributed by atoms with Crippen molar-refractivity contribution in [1.82, 2.24) is 0 Å². The van der Waals surface area contributed by atoms with Crippen LogP contribution in [-0.2, 0) is 9.84 Å². The Bertz CT molecular complexity index is 810. The van der Waals surface area contributed by atoms with E-state index in [2.05, 4.69) is 17.0 Å². The zero-order valence-electron chi connectivity index (χ0n) is 12.6. The van der Waals surface area contributed by atoms with Gasteiger partial charge in [0.25, 0.3) is 0 Å². The number of benzene rings is 2. The summed E-state index contributed by atoms with van der Waals surface area (Å²) in [6.45, 7) is 5.14. The quantitative estimate of drug-likeness (QED) is 0.852. The number of rotatable bonds is 5. The van der Waals surface area contributed by atoms with Crippen LogP contribution in [0.1, 0.15) is 12.5 Å². The predicted molar refractivity (Wildman–Crippen MR) is 92.5 cm³/mol. The lowest BCUT2D eigenvalue weighted by Crippen LogP contribution is -2.02. The van der Waals surface area contributed by atoms with Crippen LogP contribution in [0.25, 0.3) is 6.08 Å². The Morgan fingerprint density at radius 3 is 2.41 bits per heavy atom. The summed E-state index contributed by atoms with van der Waals surface area (Å²) in [5, 5.41) is 3.02. The summed E-state index contributed by atoms with van der Waals surface area (Å²) in [6.07, 6.45) is 1.62. The summed E-state index contributed by atoms with van der Waals surface area (Å²) >= 11 is 0. The van der Waals surface area contributed by atoms with Gasteiger partial charge in [-0.3, -0.25) is 4.99 Å². The van der Waals surface area contributed by atoms with E-state index in [4.69, 9.17) is 0 Å². The van der Waals surface area contributed by atoms with Crippen molar-refractivity contribution in [3.63, 3.8) is 0 Å². The number of hydrogen-bond donors (Lipinski definition) is 1. The van der Waals surface area contributed by atoms with Gasteiger partial charge in [-0.2, -0.15) is 0 Å². The van der Waals surface area contributed by atoms with Crippen LogP contribution in [0.2, 0.25) is 0 Å². The monoisotopic (exact) mass is 314 g/mol. The van der Waals surface area contributed by atoms with Gasteiger partial charge in [-0.05, 0) is 37.9 Å². The molecule has 0 spiro atoms. The molecule has 0 saturated carbocycles. The molecule has 0 bridgehead atoms. The molecule has 2 aromatic carbocycles. The minimum absolute atomic E-state index is 0.261. The van der Waals surface area contributed by atoms with Gasteiger partial charge in [0.1, 0.15) is 0 Å². The Kier molecular flexibility index (Phi) is 4.78. The molecule has 0 aliphatic carbocycles. The van der Waals surface area contributed by atoms with Gasteiger partial charge < -0.3 is 5.32 Å². The number of sulfone groups is 1. The maximum absolute atomic E-state index is 12.6. The molecule has 4 nitrogen and oxygen atoms in total. The first kappa shape index (κ1) is 16.0. The summed E-state index contributed by atoms with van der Waals surface area (Å²) in [7, 11) is -1.72. The average Bonchev–Trinajstić information content (AvgIpc) is 2.55. The Hall–Kier alpha value is -2.40. The predicted octanol–water partition coefficient (Wildman–Crippen LogP) is 3.90. The second-order valence-electron chi connectivity index (χ2n) is 4.72. The number of aliphatic imine (C=N–C) groups is 1. The van der Waals surface area contributed by atoms with Crippen molar-refractivity contribution < 1.29 is 8.42 Å². The molecule has 0 saturated heterocycles. The Morgan fingerprint density at radius 1 is 1.14 bits per heavy atom. The third-order valence-corrected chi connectivity index (χ3v) is 5.19. The molecular weight excluding hydrogens is 296 g/mol. The third-order valence-electron chi connectivity index (χ3n) is 3.33. The first-order valence-corrected chi connectivity index (χ1v) is 8.25. The van der Waals surface area contributed by atoms with Gasteiger partial charge in [0, 0.05) is 17.5 Å². The van der Waals surface area contributed by atoms with Crippen molar-refractivity contribution in [2.24, 2.45) is 4.99 Å². The van der Waals surface area contributed by atoms with E-state index < -0.39 is 9.84 Å². The van der Waals surface area contributed by atoms with Gasteiger partial charge in [-0.1, -0.05) is 30.3 Å². The standard InChI is InChI=1S/C17H18N2O2S/c1-13(22(20,21)15-9-5-4-6-10-15)12-14-8-7-11-16(18-2)17(14)19-3/h4-12,18H,3H2,1-2H3/b13-12+. The van der Waals surface area contributed by atoms with Crippen molar-refractivity contribution in [1.29, 1.82) is 0 Å². The van der Waals surface area contributed by atoms with E-state index in [9.17, 15) is 8.42 Å². The smallest absolute Gasteiger partial charge is 0.202 e. The number of hydrogen-bond acceptors (Lipinski definition) is 4. The van der Waals surface area contributed by atoms with Crippen molar-refractivity contribution in [3.05, 3.63) is 59.0 Å². The molecule has 2 aromatic rings. The molecule has 0 atom stereocenters. The lowest BCUT2D eigenvalue weighted by atomic mass is 10.1. The molecule has 114 valence electrons. The summed E-state index contributed by atoms with van der Waals surface area (Å²) in [4.78, 5) is 4.54. The lowest BCUT2D eigenvalue weighted by Gasteiger charge is -2.09. The second kappa shape index (κ2) is 6.58. The van der Waals surface area contributed by atoms with Gasteiger partial charge in [-0.15, -0.1) is 0 Å². The van der Waals surface area contributed by atoms with Crippen LogP contribution in [0.4, 0.5) is 11.4 Å². The van der Waals surface area contributed by atoms with Crippen LogP contribution in [0, 0.1) is 0 Å². The summed E-state index contributed by atoms with van der Waals surface area (Å²) in [5.74, 6) is 0. The van der Waals surface area contributed by atoms with Crippen LogP contribution in [0.15, 0.2) is 63.3 Å². The molecule has 5 heteroatoms. The van der Waals surface area contributed by atoms with E-state index >= 15 is 0 Å². The molecule has 0 unspecified atom stereocenters. The zero-order chi connectivity index (χ0) is 16.2. The molecular formula is C17H18N2O2S. The van der Waals surface area contributed by atoms with Gasteiger partial charge >= 0.3 is 0 Å². The summed E-state index contributed by atoms with van der Waals surface area (Å²) in [6, 6.07) is 13.9. The molecule has 0 fully saturated rings. The molecule has 0 amide bonds. The zero-order valence-corrected chi connectivity index (χ0v) is 13.4. The molecule has 1 N–H and O–H groups in total. The van der Waals surface area contributed by atoms with E-state index in [0.29, 0.717) is 11.3 Å². The van der Waals surface area contributed by atoms with Crippen LogP contribution >= 0.6 is 0 Å². The maximum Gasteiger partial charge on any atom is 0.202 e. The first-order chi connectivity index (χ1) is 10.5. The maximum atomic E-state index is 12.6. The van der Waals surface area contributed by atoms with Crippen LogP contribution < -0.4 is 5.32 Å². The summed E-state index contributed by atoms with van der Waals surface area (Å²) < 4.78 is 25.1. The Balaban J connectivity index is 2.52. The normalized spacial score (nSPS) is 12.0. The van der Waals surface area contributed by atoms with Gasteiger partial charge in [0.15, 0.2) is 0 Å². The number of nitrogens with one attached hydrogen (secondary N) is 1. The number of allylic oxidation sites excluding steroid dienone is 1. The minimum Gasteiger partial charge on any atom is -0.386 e. The first-order valence-electron chi connectivity index (χ1n) is 6.76. The molecule has 2 rings (SSSR count). The highest BCUT2D eigenvalue weighted by molar-refractivity contribution is 7.95. The average molecular weight is 314 g/mol. The van der Waals surface area contributed by atoms with Crippen LogP contribution in [0.3, 0.4) is 0 Å². The lowest BCUT2D eigenvalue weighted by molar-refractivity contribution is 0.602. The highest BCUT2D eigenvalue weighted by Crippen LogP contribution is 2.31. The highest BCUT2D eigenvalue weighted by Gasteiger charge is 2.17. The fourth-order valence-corrected chi connectivity index (χ4v) is 3.31. The minimum atomic E-state index is -3.50. The molecule has 0 radical (unpaired) electrons. The topological polar surface area (TPSA) is 58.5 Å². The molecule has 0 aromatic heterocycles. The Labute approximate surface area is 131 Å². The van der Waals surface area contributed by atoms with Crippen molar-refractivity contribution in [3.8, 4) is 0 Å². The van der Waals surface area contributed by atoms with Crippen LogP contribution in [-0.4, -0.2) is 22.2 Å². The highest BCUT2D eigenvalue weighted by atomic mass is 32.2. The fraction of sp³-hybridized carbons (Fsp3) is 0.118. The van der Waals surface area contributed by atoms with Gasteiger partial charge in [0.05, 0.1) is 16.3 Å². The van der Waals surface area contributed by atoms with E-state index in [-0.39, 0.29) is 9.80 Å². The Morgan fingerprint density at radius 2 is 1.82 bits per heavy atom. The third kappa shape index (κ3) is 3.09. The van der Waals surface area contributed by atoms with E-state index in [1.165, 1.54) is 0 Å². The van der Waals surface area contributed by atoms with Gasteiger partial charge in [-0.25, -0.2) is 8.42 Å². The number of anilines is 1. The van der Waals surface area contributed by atoms with Crippen molar-refractivity contribution >= 4 is 34.0 Å². The van der Waals surface area contributed by atoms with E-state index in [1.54, 1.807) is 50.4 Å². The number of para-hydroxylation sites is 1. The largest absolute Gasteiger partial charge is 0.386 e.